The van der Waals surface area contributed by atoms with Crippen LogP contribution in [-0.2, 0) is 24.3 Å². The average molecular weight is 491 g/mol. The van der Waals surface area contributed by atoms with Gasteiger partial charge >= 0.3 is 0 Å². The van der Waals surface area contributed by atoms with Crippen LogP contribution in [0.3, 0.4) is 0 Å². The fourth-order valence-electron chi connectivity index (χ4n) is 3.13. The summed E-state index contributed by atoms with van der Waals surface area (Å²) in [4.78, 5) is 38.0. The van der Waals surface area contributed by atoms with Crippen LogP contribution in [0, 0.1) is 0 Å². The van der Waals surface area contributed by atoms with Crippen molar-refractivity contribution in [3.63, 3.8) is 0 Å². The van der Waals surface area contributed by atoms with Crippen LogP contribution >= 0.6 is 0 Å². The number of nitrogens with one attached hydrogen (secondary N) is 3. The first kappa shape index (κ1) is 25.0. The van der Waals surface area contributed by atoms with Crippen molar-refractivity contribution < 1.29 is 32.3 Å². The maximum atomic E-state index is 12.7. The van der Waals surface area contributed by atoms with E-state index in [-0.39, 0.29) is 29.2 Å². The summed E-state index contributed by atoms with van der Waals surface area (Å²) in [6.07, 6.45) is -0.0941. The number of sulfonamides is 1. The van der Waals surface area contributed by atoms with Crippen LogP contribution in [0.25, 0.3) is 0 Å². The lowest BCUT2D eigenvalue weighted by Crippen LogP contribution is -2.43. The van der Waals surface area contributed by atoms with E-state index in [1.54, 1.807) is 29.2 Å². The molecule has 1 heterocycles. The van der Waals surface area contributed by atoms with Crippen molar-refractivity contribution in [1.29, 1.82) is 0 Å². The topological polar surface area (TPSA) is 143 Å². The number of hydrazine groups is 1. The van der Waals surface area contributed by atoms with Gasteiger partial charge in [0.25, 0.3) is 15.9 Å². The molecule has 1 aliphatic rings. The van der Waals surface area contributed by atoms with Gasteiger partial charge in [0.1, 0.15) is 5.75 Å². The second-order valence-corrected chi connectivity index (χ2v) is 9.04. The highest BCUT2D eigenvalue weighted by atomic mass is 32.2. The highest BCUT2D eigenvalue weighted by Crippen LogP contribution is 2.20. The Hall–Kier alpha value is -3.64. The highest BCUT2D eigenvalue weighted by molar-refractivity contribution is 7.92. The molecule has 0 radical (unpaired) electrons. The van der Waals surface area contributed by atoms with Crippen molar-refractivity contribution >= 4 is 33.4 Å². The zero-order chi connectivity index (χ0) is 24.6. The van der Waals surface area contributed by atoms with Gasteiger partial charge in [0.05, 0.1) is 25.2 Å². The number of anilines is 1. The second kappa shape index (κ2) is 11.5. The maximum Gasteiger partial charge on any atom is 0.269 e. The van der Waals surface area contributed by atoms with Gasteiger partial charge in [-0.25, -0.2) is 8.42 Å². The third kappa shape index (κ3) is 6.93. The molecule has 3 amide bonds. The van der Waals surface area contributed by atoms with Gasteiger partial charge < -0.3 is 14.4 Å². The zero-order valence-electron chi connectivity index (χ0n) is 18.6. The van der Waals surface area contributed by atoms with Crippen LogP contribution < -0.4 is 20.3 Å². The molecule has 0 bridgehead atoms. The third-order valence-electron chi connectivity index (χ3n) is 4.99. The first-order valence-corrected chi connectivity index (χ1v) is 12.0. The van der Waals surface area contributed by atoms with Crippen molar-refractivity contribution in [3.05, 3.63) is 54.1 Å². The quantitative estimate of drug-likeness (QED) is 0.467. The number of carbonyl (C=O) groups is 3. The number of hydrogen-bond acceptors (Lipinski definition) is 7. The minimum absolute atomic E-state index is 0.00641. The number of carbonyl (C=O) groups excluding carboxylic acids is 3. The minimum Gasteiger partial charge on any atom is -0.497 e. The number of methoxy groups -OCH3 is 1. The third-order valence-corrected chi connectivity index (χ3v) is 6.37. The molecule has 0 atom stereocenters. The highest BCUT2D eigenvalue weighted by Gasteiger charge is 2.19. The molecule has 1 saturated heterocycles. The smallest absolute Gasteiger partial charge is 0.269 e. The Labute approximate surface area is 197 Å². The summed E-state index contributed by atoms with van der Waals surface area (Å²) in [6, 6.07) is 11.7. The lowest BCUT2D eigenvalue weighted by molar-refractivity contribution is -0.137. The van der Waals surface area contributed by atoms with E-state index in [1.165, 1.54) is 31.4 Å². The number of rotatable bonds is 8. The molecule has 1 aliphatic heterocycles. The predicted molar refractivity (Wildman–Crippen MR) is 122 cm³/mol. The monoisotopic (exact) mass is 490 g/mol. The van der Waals surface area contributed by atoms with E-state index < -0.39 is 21.8 Å². The summed E-state index contributed by atoms with van der Waals surface area (Å²) in [5.74, 6) is -0.824. The molecule has 0 unspecified atom stereocenters. The Bertz CT molecular complexity index is 1130. The van der Waals surface area contributed by atoms with E-state index >= 15 is 0 Å². The van der Waals surface area contributed by atoms with Crippen LogP contribution in [0.4, 0.5) is 5.69 Å². The van der Waals surface area contributed by atoms with Gasteiger partial charge in [-0.15, -0.1) is 0 Å². The van der Waals surface area contributed by atoms with E-state index in [9.17, 15) is 22.8 Å². The fraction of sp³-hybridized carbons (Fsp3) is 0.318. The number of benzene rings is 2. The molecule has 1 fully saturated rings. The van der Waals surface area contributed by atoms with Gasteiger partial charge in [-0.2, -0.15) is 0 Å². The van der Waals surface area contributed by atoms with Crippen LogP contribution in [-0.4, -0.2) is 64.5 Å². The van der Waals surface area contributed by atoms with Crippen LogP contribution in [0.5, 0.6) is 5.75 Å². The molecule has 0 aliphatic carbocycles. The first-order valence-electron chi connectivity index (χ1n) is 10.5. The molecule has 0 spiro atoms. The number of amides is 3. The summed E-state index contributed by atoms with van der Waals surface area (Å²) >= 11 is 0. The Morgan fingerprint density at radius 1 is 1.00 bits per heavy atom. The average Bonchev–Trinajstić information content (AvgIpc) is 2.86. The lowest BCUT2D eigenvalue weighted by atomic mass is 10.2. The Balaban J connectivity index is 1.53. The van der Waals surface area contributed by atoms with E-state index in [0.29, 0.717) is 37.7 Å². The molecular formula is C22H26N4O7S. The molecule has 2 aromatic carbocycles. The lowest BCUT2D eigenvalue weighted by Gasteiger charge is -2.26. The zero-order valence-corrected chi connectivity index (χ0v) is 19.4. The standard InChI is InChI=1S/C22H26N4O7S/c1-32-18-7-5-17(6-8-18)25-34(30,31)19-4-2-3-16(15-19)22(29)24-23-20(27)9-10-21(28)26-11-13-33-14-12-26/h2-8,15,25H,9-14H2,1H3,(H,23,27)(H,24,29). The van der Waals surface area contributed by atoms with Crippen LogP contribution in [0.1, 0.15) is 23.2 Å². The van der Waals surface area contributed by atoms with E-state index in [2.05, 4.69) is 15.6 Å². The Morgan fingerprint density at radius 2 is 1.71 bits per heavy atom. The minimum atomic E-state index is -3.96. The van der Waals surface area contributed by atoms with E-state index in [1.807, 2.05) is 0 Å². The molecule has 3 rings (SSSR count). The summed E-state index contributed by atoms with van der Waals surface area (Å²) < 4.78 is 38.0. The van der Waals surface area contributed by atoms with Crippen molar-refractivity contribution in [2.75, 3.05) is 38.1 Å². The molecule has 0 saturated carbocycles. The van der Waals surface area contributed by atoms with Gasteiger partial charge in [-0.1, -0.05) is 6.07 Å². The molecule has 182 valence electrons. The SMILES string of the molecule is COc1ccc(NS(=O)(=O)c2cccc(C(=O)NNC(=O)CCC(=O)N3CCOCC3)c2)cc1. The maximum absolute atomic E-state index is 12.7. The summed E-state index contributed by atoms with van der Waals surface area (Å²) in [5, 5.41) is 0. The first-order chi connectivity index (χ1) is 16.3. The normalized spacial score (nSPS) is 13.6. The Kier molecular flexibility index (Phi) is 8.44. The molecule has 12 heteroatoms. The van der Waals surface area contributed by atoms with Crippen LogP contribution in [0.15, 0.2) is 53.4 Å². The van der Waals surface area contributed by atoms with Crippen molar-refractivity contribution in [1.82, 2.24) is 15.8 Å². The molecule has 3 N–H and O–H groups in total. The van der Waals surface area contributed by atoms with Gasteiger partial charge in [0.15, 0.2) is 0 Å². The van der Waals surface area contributed by atoms with Gasteiger partial charge in [0.2, 0.25) is 11.8 Å². The van der Waals surface area contributed by atoms with Gasteiger partial charge in [-0.3, -0.25) is 30.0 Å². The molecule has 11 nitrogen and oxygen atoms in total. The van der Waals surface area contributed by atoms with Gasteiger partial charge in [0, 0.05) is 37.2 Å². The van der Waals surface area contributed by atoms with Gasteiger partial charge in [-0.05, 0) is 42.5 Å². The molecule has 34 heavy (non-hydrogen) atoms. The van der Waals surface area contributed by atoms with Crippen LogP contribution in [0.2, 0.25) is 0 Å². The number of ether oxygens (including phenoxy) is 2. The number of morpholine rings is 1. The van der Waals surface area contributed by atoms with E-state index in [4.69, 9.17) is 9.47 Å². The predicted octanol–water partition coefficient (Wildman–Crippen LogP) is 0.896. The fourth-order valence-corrected chi connectivity index (χ4v) is 4.23. The van der Waals surface area contributed by atoms with E-state index in [0.717, 1.165) is 0 Å². The summed E-state index contributed by atoms with van der Waals surface area (Å²) in [7, 11) is -2.46. The Morgan fingerprint density at radius 3 is 2.38 bits per heavy atom. The largest absolute Gasteiger partial charge is 0.497 e. The summed E-state index contributed by atoms with van der Waals surface area (Å²) in [5.41, 5.74) is 4.83. The number of nitrogens with zero attached hydrogens (tertiary/aromatic N) is 1. The second-order valence-electron chi connectivity index (χ2n) is 7.36. The molecule has 2 aromatic rings. The van der Waals surface area contributed by atoms with Crippen molar-refractivity contribution in [2.24, 2.45) is 0 Å². The van der Waals surface area contributed by atoms with Crippen molar-refractivity contribution in [3.8, 4) is 5.75 Å². The molecular weight excluding hydrogens is 464 g/mol. The summed E-state index contributed by atoms with van der Waals surface area (Å²) in [6.45, 7) is 1.92. The van der Waals surface area contributed by atoms with Crippen molar-refractivity contribution in [2.45, 2.75) is 17.7 Å². The number of hydrogen-bond donors (Lipinski definition) is 3. The molecule has 0 aromatic heterocycles.